The fourth-order valence-electron chi connectivity index (χ4n) is 4.31. The molecule has 1 aliphatic rings. The van der Waals surface area contributed by atoms with E-state index in [0.29, 0.717) is 65.7 Å². The minimum atomic E-state index is 0.512. The Morgan fingerprint density at radius 2 is 0.881 bits per heavy atom. The molecule has 0 spiro atoms. The van der Waals surface area contributed by atoms with Gasteiger partial charge in [0.05, 0.1) is 77.1 Å². The van der Waals surface area contributed by atoms with Gasteiger partial charge >= 0.3 is 0 Å². The zero-order chi connectivity index (χ0) is 28.7. The molecule has 0 fully saturated rings. The summed E-state index contributed by atoms with van der Waals surface area (Å²) in [6, 6.07) is 24.5. The SMILES string of the molecule is C1=NCCOCCN=Cc2cc(nn2Cc2ccccc2)C=NCCOCCN=Cc2cc1nn2Cc1ccccc1. The molecule has 10 nitrogen and oxygen atoms in total. The fraction of sp³-hybridized carbons (Fsp3) is 0.312. The highest BCUT2D eigenvalue weighted by atomic mass is 16.5. The van der Waals surface area contributed by atoms with Crippen LogP contribution in [-0.2, 0) is 22.6 Å². The van der Waals surface area contributed by atoms with Crippen molar-refractivity contribution in [2.45, 2.75) is 13.1 Å². The Balaban J connectivity index is 1.23. The molecule has 42 heavy (non-hydrogen) atoms. The molecule has 0 saturated heterocycles. The maximum absolute atomic E-state index is 5.74. The number of fused-ring (bicyclic) bond motifs is 4. The van der Waals surface area contributed by atoms with Crippen LogP contribution in [0.2, 0.25) is 0 Å². The van der Waals surface area contributed by atoms with Crippen LogP contribution in [-0.4, -0.2) is 97.0 Å². The molecule has 5 rings (SSSR count). The maximum atomic E-state index is 5.74. The second kappa shape index (κ2) is 16.0. The zero-order valence-corrected chi connectivity index (χ0v) is 23.7. The monoisotopic (exact) mass is 564 g/mol. The first kappa shape index (κ1) is 29.0. The smallest absolute Gasteiger partial charge is 0.104 e. The van der Waals surface area contributed by atoms with Crippen LogP contribution in [0.5, 0.6) is 0 Å². The van der Waals surface area contributed by atoms with Crippen LogP contribution in [0.4, 0.5) is 0 Å². The second-order valence-electron chi connectivity index (χ2n) is 9.64. The van der Waals surface area contributed by atoms with E-state index in [1.165, 1.54) is 11.1 Å². The van der Waals surface area contributed by atoms with Crippen LogP contribution in [0.1, 0.15) is 33.9 Å². The second-order valence-corrected chi connectivity index (χ2v) is 9.64. The first-order valence-electron chi connectivity index (χ1n) is 14.2. The molecule has 0 aliphatic carbocycles. The quantitative estimate of drug-likeness (QED) is 0.378. The average Bonchev–Trinajstić information content (AvgIpc) is 3.58. The molecular weight excluding hydrogens is 528 g/mol. The number of hydrogen-bond acceptors (Lipinski definition) is 8. The summed E-state index contributed by atoms with van der Waals surface area (Å²) in [5, 5.41) is 9.46. The highest BCUT2D eigenvalue weighted by molar-refractivity contribution is 5.84. The minimum absolute atomic E-state index is 0.512. The van der Waals surface area contributed by atoms with E-state index in [1.54, 1.807) is 12.4 Å². The Kier molecular flexibility index (Phi) is 11.1. The van der Waals surface area contributed by atoms with Gasteiger partial charge in [-0.3, -0.25) is 29.3 Å². The van der Waals surface area contributed by atoms with Crippen LogP contribution < -0.4 is 0 Å². The lowest BCUT2D eigenvalue weighted by Crippen LogP contribution is -2.08. The van der Waals surface area contributed by atoms with Crippen molar-refractivity contribution in [1.29, 1.82) is 0 Å². The molecule has 0 N–H and O–H groups in total. The highest BCUT2D eigenvalue weighted by Gasteiger charge is 2.07. The van der Waals surface area contributed by atoms with Crippen LogP contribution in [0.3, 0.4) is 0 Å². The van der Waals surface area contributed by atoms with Gasteiger partial charge in [-0.1, -0.05) is 60.7 Å². The summed E-state index contributed by atoms with van der Waals surface area (Å²) in [7, 11) is 0. The lowest BCUT2D eigenvalue weighted by Gasteiger charge is -2.04. The van der Waals surface area contributed by atoms with Crippen molar-refractivity contribution in [3.05, 3.63) is 107 Å². The zero-order valence-electron chi connectivity index (χ0n) is 23.7. The maximum Gasteiger partial charge on any atom is 0.104 e. The van der Waals surface area contributed by atoms with Crippen LogP contribution in [0.15, 0.2) is 92.8 Å². The van der Waals surface area contributed by atoms with Crippen molar-refractivity contribution in [2.24, 2.45) is 20.0 Å². The van der Waals surface area contributed by atoms with Crippen LogP contribution in [0, 0.1) is 0 Å². The summed E-state index contributed by atoms with van der Waals surface area (Å²) in [4.78, 5) is 18.1. The van der Waals surface area contributed by atoms with Crippen molar-refractivity contribution in [1.82, 2.24) is 19.6 Å². The first-order chi connectivity index (χ1) is 20.8. The lowest BCUT2D eigenvalue weighted by atomic mass is 10.2. The van der Waals surface area contributed by atoms with E-state index in [2.05, 4.69) is 44.2 Å². The number of nitrogens with zero attached hydrogens (tertiary/aromatic N) is 8. The first-order valence-corrected chi connectivity index (χ1v) is 14.2. The molecule has 2 aromatic heterocycles. The van der Waals surface area contributed by atoms with Gasteiger partial charge in [-0.05, 0) is 23.3 Å². The van der Waals surface area contributed by atoms with Gasteiger partial charge in [0.15, 0.2) is 0 Å². The summed E-state index contributed by atoms with van der Waals surface area (Å²) < 4.78 is 15.4. The molecule has 216 valence electrons. The van der Waals surface area contributed by atoms with Crippen molar-refractivity contribution >= 4 is 24.9 Å². The van der Waals surface area contributed by atoms with Gasteiger partial charge in [-0.25, -0.2) is 0 Å². The summed E-state index contributed by atoms with van der Waals surface area (Å²) >= 11 is 0. The van der Waals surface area contributed by atoms with E-state index in [-0.39, 0.29) is 0 Å². The molecule has 0 radical (unpaired) electrons. The number of benzene rings is 2. The van der Waals surface area contributed by atoms with E-state index >= 15 is 0 Å². The number of aromatic nitrogens is 4. The predicted octanol–water partition coefficient (Wildman–Crippen LogP) is 3.60. The van der Waals surface area contributed by atoms with E-state index in [4.69, 9.17) is 19.7 Å². The Bertz CT molecular complexity index is 1380. The highest BCUT2D eigenvalue weighted by Crippen LogP contribution is 2.08. The Hall–Kier alpha value is -4.54. The van der Waals surface area contributed by atoms with E-state index < -0.39 is 0 Å². The normalized spacial score (nSPS) is 15.4. The third-order valence-electron chi connectivity index (χ3n) is 6.36. The number of ether oxygens (including phenoxy) is 2. The topological polar surface area (TPSA) is 104 Å². The molecule has 4 bridgehead atoms. The molecule has 1 aliphatic heterocycles. The van der Waals surface area contributed by atoms with Gasteiger partial charge < -0.3 is 9.47 Å². The largest absolute Gasteiger partial charge is 0.378 e. The summed E-state index contributed by atoms with van der Waals surface area (Å²) in [6.07, 6.45) is 7.27. The molecule has 0 unspecified atom stereocenters. The summed E-state index contributed by atoms with van der Waals surface area (Å²) in [5.41, 5.74) is 5.74. The number of aliphatic imine (C=N–C) groups is 4. The molecular formula is C32H36N8O2. The van der Waals surface area contributed by atoms with Gasteiger partial charge in [-0.2, -0.15) is 10.2 Å². The lowest BCUT2D eigenvalue weighted by molar-refractivity contribution is 0.150. The van der Waals surface area contributed by atoms with E-state index in [1.807, 2.05) is 70.3 Å². The van der Waals surface area contributed by atoms with Crippen molar-refractivity contribution < 1.29 is 9.47 Å². The number of rotatable bonds is 4. The Morgan fingerprint density at radius 1 is 0.500 bits per heavy atom. The van der Waals surface area contributed by atoms with Gasteiger partial charge in [0.25, 0.3) is 0 Å². The summed E-state index contributed by atoms with van der Waals surface area (Å²) in [5.74, 6) is 0. The van der Waals surface area contributed by atoms with E-state index in [9.17, 15) is 0 Å². The van der Waals surface area contributed by atoms with Gasteiger partial charge in [-0.15, -0.1) is 0 Å². The van der Waals surface area contributed by atoms with Crippen molar-refractivity contribution in [2.75, 3.05) is 52.6 Å². The molecule has 0 saturated carbocycles. The predicted molar refractivity (Wildman–Crippen MR) is 167 cm³/mol. The third kappa shape index (κ3) is 9.25. The minimum Gasteiger partial charge on any atom is -0.378 e. The average molecular weight is 565 g/mol. The molecule has 10 heteroatoms. The standard InChI is InChI=1S/C32H36N8O2/c1-3-7-27(8-4-1)25-39-31-19-29(37-39)21-33-11-15-42-18-14-36-24-32-20-30(22-34-12-16-41-17-13-35-23-31)38-40(32)26-28-9-5-2-6-10-28/h1-10,19-24H,11-18,25-26H2. The third-order valence-corrected chi connectivity index (χ3v) is 6.36. The van der Waals surface area contributed by atoms with Crippen LogP contribution >= 0.6 is 0 Å². The Morgan fingerprint density at radius 3 is 1.29 bits per heavy atom. The molecule has 4 aromatic rings. The number of hydrogen-bond donors (Lipinski definition) is 0. The van der Waals surface area contributed by atoms with Gasteiger partial charge in [0.2, 0.25) is 0 Å². The van der Waals surface area contributed by atoms with Crippen molar-refractivity contribution in [3.8, 4) is 0 Å². The van der Waals surface area contributed by atoms with Crippen LogP contribution in [0.25, 0.3) is 0 Å². The molecule has 0 amide bonds. The Labute approximate surface area is 246 Å². The fourth-order valence-corrected chi connectivity index (χ4v) is 4.31. The molecule has 0 atom stereocenters. The van der Waals surface area contributed by atoms with Crippen molar-refractivity contribution in [3.63, 3.8) is 0 Å². The molecule has 2 aromatic carbocycles. The van der Waals surface area contributed by atoms with Gasteiger partial charge in [0.1, 0.15) is 11.4 Å². The summed E-state index contributed by atoms with van der Waals surface area (Å²) in [6.45, 7) is 5.54. The molecule has 3 heterocycles. The van der Waals surface area contributed by atoms with Gasteiger partial charge in [0, 0.05) is 24.9 Å². The van der Waals surface area contributed by atoms with E-state index in [0.717, 1.165) is 22.8 Å².